The fourth-order valence-electron chi connectivity index (χ4n) is 2.15. The maximum atomic E-state index is 12.3. The van der Waals surface area contributed by atoms with E-state index in [-0.39, 0.29) is 16.6 Å². The van der Waals surface area contributed by atoms with Crippen molar-refractivity contribution in [2.45, 2.75) is 0 Å². The largest absolute Gasteiger partial charge is 0.451 e. The maximum absolute atomic E-state index is 12.3. The van der Waals surface area contributed by atoms with E-state index in [4.69, 9.17) is 16.6 Å². The lowest BCUT2D eigenvalue weighted by Gasteiger charge is -2.07. The van der Waals surface area contributed by atoms with Crippen LogP contribution in [-0.4, -0.2) is 20.9 Å². The van der Waals surface area contributed by atoms with Crippen LogP contribution in [0.4, 0.5) is 11.5 Å². The van der Waals surface area contributed by atoms with Crippen molar-refractivity contribution < 1.29 is 14.1 Å². The minimum Gasteiger partial charge on any atom is -0.451 e. The molecule has 3 rings (SSSR count). The van der Waals surface area contributed by atoms with Crippen molar-refractivity contribution in [3.63, 3.8) is 0 Å². The number of nitrogens with one attached hydrogen (secondary N) is 2. The van der Waals surface area contributed by atoms with Gasteiger partial charge in [-0.2, -0.15) is 0 Å². The molecule has 3 aromatic rings. The minimum absolute atomic E-state index is 0.0180. The standard InChI is InChI=1S/C17H11BrN4O4S/c18-11-4-7-15(19-9-11)20-17(27)21-16(23)14-6-5-13(26-14)10-2-1-3-12(8-10)22(24)25/h1-9H,(H2,19,20,21,23,27). The summed E-state index contributed by atoms with van der Waals surface area (Å²) in [6.45, 7) is 0. The normalized spacial score (nSPS) is 10.3. The Hall–Kier alpha value is -3.11. The Morgan fingerprint density at radius 2 is 2.04 bits per heavy atom. The SMILES string of the molecule is O=C(NC(=S)Nc1ccc(Br)cn1)c1ccc(-c2cccc([N+](=O)[O-])c2)o1. The van der Waals surface area contributed by atoms with Gasteiger partial charge in [0.15, 0.2) is 10.9 Å². The predicted molar refractivity (Wildman–Crippen MR) is 106 cm³/mol. The Bertz CT molecular complexity index is 1020. The number of amides is 1. The third kappa shape index (κ3) is 4.74. The molecule has 2 aromatic heterocycles. The van der Waals surface area contributed by atoms with Gasteiger partial charge in [0.25, 0.3) is 11.6 Å². The molecule has 0 spiro atoms. The number of non-ortho nitro benzene ring substituents is 1. The number of halogens is 1. The number of nitrogens with zero attached hydrogens (tertiary/aromatic N) is 2. The second kappa shape index (κ2) is 8.06. The van der Waals surface area contributed by atoms with Gasteiger partial charge in [-0.15, -0.1) is 0 Å². The molecule has 1 aromatic carbocycles. The zero-order valence-electron chi connectivity index (χ0n) is 13.5. The average molecular weight is 447 g/mol. The molecule has 0 unspecified atom stereocenters. The number of rotatable bonds is 4. The monoisotopic (exact) mass is 446 g/mol. The van der Waals surface area contributed by atoms with Gasteiger partial charge in [-0.1, -0.05) is 12.1 Å². The van der Waals surface area contributed by atoms with Crippen LogP contribution in [0.5, 0.6) is 0 Å². The Morgan fingerprint density at radius 1 is 1.22 bits per heavy atom. The number of carbonyl (C=O) groups excluding carboxylic acids is 1. The molecular weight excluding hydrogens is 436 g/mol. The first-order valence-corrected chi connectivity index (χ1v) is 8.71. The van der Waals surface area contributed by atoms with Crippen molar-refractivity contribution >= 4 is 50.7 Å². The number of benzene rings is 1. The molecule has 2 N–H and O–H groups in total. The van der Waals surface area contributed by atoms with Crippen LogP contribution in [0.1, 0.15) is 10.6 Å². The first kappa shape index (κ1) is 18.7. The summed E-state index contributed by atoms with van der Waals surface area (Å²) in [7, 11) is 0. The topological polar surface area (TPSA) is 110 Å². The number of thiocarbonyl (C=S) groups is 1. The highest BCUT2D eigenvalue weighted by atomic mass is 79.9. The lowest BCUT2D eigenvalue weighted by Crippen LogP contribution is -2.34. The second-order valence-corrected chi connectivity index (χ2v) is 6.57. The molecule has 0 saturated heterocycles. The van der Waals surface area contributed by atoms with Crippen LogP contribution >= 0.6 is 28.1 Å². The number of nitro benzene ring substituents is 1. The number of carbonyl (C=O) groups is 1. The van der Waals surface area contributed by atoms with E-state index in [9.17, 15) is 14.9 Å². The molecule has 8 nitrogen and oxygen atoms in total. The summed E-state index contributed by atoms with van der Waals surface area (Å²) in [5, 5.41) is 16.2. The molecule has 27 heavy (non-hydrogen) atoms. The molecule has 0 bridgehead atoms. The number of nitro groups is 1. The fraction of sp³-hybridized carbons (Fsp3) is 0. The lowest BCUT2D eigenvalue weighted by molar-refractivity contribution is -0.384. The van der Waals surface area contributed by atoms with Crippen molar-refractivity contribution in [3.05, 3.63) is 75.1 Å². The van der Waals surface area contributed by atoms with E-state index in [1.165, 1.54) is 18.2 Å². The number of pyridine rings is 1. The molecule has 0 fully saturated rings. The minimum atomic E-state index is -0.554. The number of furan rings is 1. The van der Waals surface area contributed by atoms with Crippen LogP contribution in [0.15, 0.2) is 63.6 Å². The Morgan fingerprint density at radius 3 is 2.74 bits per heavy atom. The molecule has 1 amide bonds. The van der Waals surface area contributed by atoms with Gasteiger partial charge in [0.05, 0.1) is 4.92 Å². The number of aromatic nitrogens is 1. The highest BCUT2D eigenvalue weighted by molar-refractivity contribution is 9.10. The Kier molecular flexibility index (Phi) is 5.57. The zero-order valence-corrected chi connectivity index (χ0v) is 15.9. The van der Waals surface area contributed by atoms with Gasteiger partial charge in [0.1, 0.15) is 11.6 Å². The zero-order chi connectivity index (χ0) is 19.4. The summed E-state index contributed by atoms with van der Waals surface area (Å²) in [6, 6.07) is 12.4. The molecule has 0 atom stereocenters. The van der Waals surface area contributed by atoms with Crippen LogP contribution in [0.3, 0.4) is 0 Å². The first-order valence-electron chi connectivity index (χ1n) is 7.51. The van der Waals surface area contributed by atoms with E-state index in [2.05, 4.69) is 31.5 Å². The van der Waals surface area contributed by atoms with Gasteiger partial charge in [-0.3, -0.25) is 20.2 Å². The van der Waals surface area contributed by atoms with Crippen LogP contribution in [-0.2, 0) is 0 Å². The summed E-state index contributed by atoms with van der Waals surface area (Å²) in [5.41, 5.74) is 0.422. The molecule has 0 radical (unpaired) electrons. The van der Waals surface area contributed by atoms with Crippen molar-refractivity contribution in [1.29, 1.82) is 0 Å². The third-order valence-electron chi connectivity index (χ3n) is 3.37. The molecule has 2 heterocycles. The van der Waals surface area contributed by atoms with E-state index >= 15 is 0 Å². The number of anilines is 1. The van der Waals surface area contributed by atoms with Crippen LogP contribution in [0, 0.1) is 10.1 Å². The second-order valence-electron chi connectivity index (χ2n) is 5.24. The van der Waals surface area contributed by atoms with Gasteiger partial charge in [0.2, 0.25) is 0 Å². The highest BCUT2D eigenvalue weighted by Crippen LogP contribution is 2.25. The van der Waals surface area contributed by atoms with E-state index in [1.807, 2.05) is 0 Å². The summed E-state index contributed by atoms with van der Waals surface area (Å²) < 4.78 is 6.30. The van der Waals surface area contributed by atoms with Gasteiger partial charge in [-0.25, -0.2) is 4.98 Å². The van der Waals surface area contributed by atoms with Gasteiger partial charge in [0, 0.05) is 28.4 Å². The van der Waals surface area contributed by atoms with Crippen LogP contribution in [0.2, 0.25) is 0 Å². The third-order valence-corrected chi connectivity index (χ3v) is 4.04. The van der Waals surface area contributed by atoms with Crippen molar-refractivity contribution in [1.82, 2.24) is 10.3 Å². The summed E-state index contributed by atoms with van der Waals surface area (Å²) in [4.78, 5) is 26.7. The summed E-state index contributed by atoms with van der Waals surface area (Å²) >= 11 is 8.35. The summed E-state index contributed by atoms with van der Waals surface area (Å²) in [6.07, 6.45) is 1.59. The van der Waals surface area contributed by atoms with E-state index in [0.29, 0.717) is 17.1 Å². The predicted octanol–water partition coefficient (Wildman–Crippen LogP) is 4.14. The van der Waals surface area contributed by atoms with E-state index in [1.54, 1.807) is 36.5 Å². The van der Waals surface area contributed by atoms with Crippen molar-refractivity contribution in [2.75, 3.05) is 5.32 Å². The number of hydrogen-bond donors (Lipinski definition) is 2. The Labute approximate surface area is 166 Å². The average Bonchev–Trinajstić information content (AvgIpc) is 3.14. The Balaban J connectivity index is 1.67. The smallest absolute Gasteiger partial charge is 0.293 e. The quantitative estimate of drug-likeness (QED) is 0.351. The van der Waals surface area contributed by atoms with Crippen LogP contribution < -0.4 is 10.6 Å². The van der Waals surface area contributed by atoms with Gasteiger partial charge in [-0.05, 0) is 52.4 Å². The van der Waals surface area contributed by atoms with E-state index < -0.39 is 10.8 Å². The molecule has 0 aliphatic carbocycles. The van der Waals surface area contributed by atoms with E-state index in [0.717, 1.165) is 4.47 Å². The molecule has 0 aliphatic heterocycles. The lowest BCUT2D eigenvalue weighted by atomic mass is 10.1. The number of hydrogen-bond acceptors (Lipinski definition) is 6. The molecular formula is C17H11BrN4O4S. The highest BCUT2D eigenvalue weighted by Gasteiger charge is 2.15. The molecule has 0 aliphatic rings. The van der Waals surface area contributed by atoms with Gasteiger partial charge < -0.3 is 9.73 Å². The fourth-order valence-corrected chi connectivity index (χ4v) is 2.58. The van der Waals surface area contributed by atoms with Crippen LogP contribution in [0.25, 0.3) is 11.3 Å². The van der Waals surface area contributed by atoms with Crippen molar-refractivity contribution in [2.24, 2.45) is 0 Å². The van der Waals surface area contributed by atoms with Crippen molar-refractivity contribution in [3.8, 4) is 11.3 Å². The molecule has 0 saturated carbocycles. The maximum Gasteiger partial charge on any atom is 0.293 e. The molecule has 136 valence electrons. The van der Waals surface area contributed by atoms with Gasteiger partial charge >= 0.3 is 0 Å². The summed E-state index contributed by atoms with van der Waals surface area (Å²) in [5.74, 6) is 0.267. The first-order chi connectivity index (χ1) is 12.9. The molecule has 10 heteroatoms.